The Bertz CT molecular complexity index is 605. The van der Waals surface area contributed by atoms with Crippen LogP contribution in [-0.2, 0) is 6.42 Å². The van der Waals surface area contributed by atoms with Crippen molar-refractivity contribution in [3.8, 4) is 0 Å². The summed E-state index contributed by atoms with van der Waals surface area (Å²) in [4.78, 5) is 4.29. The summed E-state index contributed by atoms with van der Waals surface area (Å²) in [5.74, 6) is 0.946. The van der Waals surface area contributed by atoms with Gasteiger partial charge in [0, 0.05) is 35.4 Å². The van der Waals surface area contributed by atoms with Gasteiger partial charge in [-0.1, -0.05) is 23.3 Å². The van der Waals surface area contributed by atoms with Crippen LogP contribution in [0.15, 0.2) is 57.5 Å². The van der Waals surface area contributed by atoms with E-state index in [4.69, 9.17) is 0 Å². The first kappa shape index (κ1) is 12.1. The van der Waals surface area contributed by atoms with Crippen molar-refractivity contribution in [2.24, 2.45) is 15.5 Å². The van der Waals surface area contributed by atoms with E-state index in [0.717, 1.165) is 29.4 Å². The summed E-state index contributed by atoms with van der Waals surface area (Å²) in [5, 5.41) is 15.4. The molecule has 0 saturated carbocycles. The van der Waals surface area contributed by atoms with E-state index in [1.54, 1.807) is 11.3 Å². The third-order valence-corrected chi connectivity index (χ3v) is 4.03. The van der Waals surface area contributed by atoms with Gasteiger partial charge in [0.1, 0.15) is 7.05 Å². The number of hydrogen-bond acceptors (Lipinski definition) is 5. The van der Waals surface area contributed by atoms with Gasteiger partial charge in [0.25, 0.3) is 5.84 Å². The molecule has 2 aromatic rings. The Morgan fingerprint density at radius 2 is 2.00 bits per heavy atom. The minimum absolute atomic E-state index is 0.312. The molecule has 1 aliphatic heterocycles. The first-order valence-corrected chi connectivity index (χ1v) is 6.97. The monoisotopic (exact) mass is 272 g/mol. The minimum atomic E-state index is 0.312. The quantitative estimate of drug-likeness (QED) is 0.787. The molecule has 1 aromatic heterocycles. The first-order valence-electron chi connectivity index (χ1n) is 6.09. The lowest BCUT2D eigenvalue weighted by Crippen LogP contribution is -2.43. The highest BCUT2D eigenvalue weighted by Crippen LogP contribution is 2.27. The number of quaternary nitrogens is 1. The molecule has 0 amide bonds. The summed E-state index contributed by atoms with van der Waals surface area (Å²) in [5.41, 5.74) is 1.07. The van der Waals surface area contributed by atoms with E-state index in [-0.39, 0.29) is 0 Å². The van der Waals surface area contributed by atoms with Crippen molar-refractivity contribution in [1.82, 2.24) is 9.58 Å². The highest BCUT2D eigenvalue weighted by Gasteiger charge is 2.37. The maximum Gasteiger partial charge on any atom is 0.257 e. The summed E-state index contributed by atoms with van der Waals surface area (Å²) in [7, 11) is 2.01. The Hall–Kier alpha value is -1.92. The number of aryl methyl sites for hydroxylation is 1. The van der Waals surface area contributed by atoms with Gasteiger partial charge >= 0.3 is 0 Å². The largest absolute Gasteiger partial charge is 0.257 e. The second kappa shape index (κ2) is 4.99. The topological polar surface area (TPSA) is 50.0 Å². The Morgan fingerprint density at radius 3 is 2.74 bits per heavy atom. The van der Waals surface area contributed by atoms with Gasteiger partial charge in [0.2, 0.25) is 0 Å². The predicted octanol–water partition coefficient (Wildman–Crippen LogP) is 3.41. The van der Waals surface area contributed by atoms with Crippen LogP contribution in [0.5, 0.6) is 0 Å². The molecule has 6 heteroatoms. The van der Waals surface area contributed by atoms with Crippen LogP contribution < -0.4 is 4.59 Å². The van der Waals surface area contributed by atoms with Crippen molar-refractivity contribution in [3.05, 3.63) is 46.9 Å². The molecule has 0 bridgehead atoms. The first-order chi connectivity index (χ1) is 9.29. The molecule has 19 heavy (non-hydrogen) atoms. The maximum absolute atomic E-state index is 4.29. The summed E-state index contributed by atoms with van der Waals surface area (Å²) in [6, 6.07) is 10.1. The van der Waals surface area contributed by atoms with E-state index in [1.807, 2.05) is 49.0 Å². The highest BCUT2D eigenvalue weighted by molar-refractivity contribution is 7.09. The molecule has 0 spiro atoms. The molecule has 0 fully saturated rings. The van der Waals surface area contributed by atoms with E-state index in [9.17, 15) is 0 Å². The Kier molecular flexibility index (Phi) is 3.18. The molecule has 0 saturated heterocycles. The third kappa shape index (κ3) is 2.32. The van der Waals surface area contributed by atoms with Gasteiger partial charge in [0.05, 0.1) is 16.7 Å². The molecule has 0 N–H and O–H groups in total. The lowest BCUT2D eigenvalue weighted by atomic mass is 10.2. The number of para-hydroxylation sites is 1. The second-order valence-corrected chi connectivity index (χ2v) is 5.39. The molecule has 5 nitrogen and oxygen atoms in total. The summed E-state index contributed by atoms with van der Waals surface area (Å²) >= 11 is 1.67. The molecule has 96 valence electrons. The fraction of sp³-hybridized carbons (Fsp3) is 0.231. The summed E-state index contributed by atoms with van der Waals surface area (Å²) in [6.07, 6.45) is 3.52. The second-order valence-electron chi connectivity index (χ2n) is 4.42. The summed E-state index contributed by atoms with van der Waals surface area (Å²) in [6.45, 7) is 0. The number of aromatic nitrogens is 1. The molecule has 1 unspecified atom stereocenters. The normalized spacial score (nSPS) is 21.6. The zero-order valence-electron chi connectivity index (χ0n) is 10.6. The molecule has 0 aliphatic carbocycles. The minimum Gasteiger partial charge on any atom is -0.250 e. The van der Waals surface area contributed by atoms with Gasteiger partial charge in [-0.15, -0.1) is 15.9 Å². The van der Waals surface area contributed by atoms with Gasteiger partial charge in [-0.2, -0.15) is 0 Å². The Morgan fingerprint density at radius 1 is 1.16 bits per heavy atom. The average Bonchev–Trinajstić information content (AvgIpc) is 3.08. The van der Waals surface area contributed by atoms with Gasteiger partial charge < -0.3 is 0 Å². The number of rotatable bonds is 4. The number of amidine groups is 1. The van der Waals surface area contributed by atoms with Crippen molar-refractivity contribution in [3.63, 3.8) is 0 Å². The molecule has 1 aliphatic rings. The maximum atomic E-state index is 4.29. The lowest BCUT2D eigenvalue weighted by Gasteiger charge is -2.21. The molecular weight excluding hydrogens is 258 g/mol. The van der Waals surface area contributed by atoms with Gasteiger partial charge in [-0.25, -0.2) is 4.98 Å². The fourth-order valence-corrected chi connectivity index (χ4v) is 2.69. The molecule has 0 radical (unpaired) electrons. The highest BCUT2D eigenvalue weighted by atomic mass is 32.1. The van der Waals surface area contributed by atoms with Crippen molar-refractivity contribution in [2.45, 2.75) is 12.8 Å². The average molecular weight is 272 g/mol. The number of nitrogens with zero attached hydrogens (tertiary/aromatic N) is 5. The van der Waals surface area contributed by atoms with Crippen molar-refractivity contribution < 1.29 is 0 Å². The van der Waals surface area contributed by atoms with Crippen LogP contribution in [-0.4, -0.2) is 17.9 Å². The van der Waals surface area contributed by atoms with Crippen LogP contribution in [0, 0.1) is 0 Å². The van der Waals surface area contributed by atoms with Crippen molar-refractivity contribution >= 4 is 22.9 Å². The van der Waals surface area contributed by atoms with E-state index in [0.29, 0.717) is 4.59 Å². The van der Waals surface area contributed by atoms with E-state index >= 15 is 0 Å². The van der Waals surface area contributed by atoms with E-state index in [1.165, 1.54) is 0 Å². The molecule has 1 atom stereocenters. The third-order valence-electron chi connectivity index (χ3n) is 3.19. The zero-order valence-corrected chi connectivity index (χ0v) is 11.4. The fourth-order valence-electron chi connectivity index (χ4n) is 2.07. The van der Waals surface area contributed by atoms with Crippen LogP contribution in [0.4, 0.5) is 5.69 Å². The van der Waals surface area contributed by atoms with E-state index in [2.05, 4.69) is 20.5 Å². The standard InChI is InChI=1S/C13H14N5S/c1-18(11-5-3-2-4-6-11)12(15-16-17-18)7-8-13-14-9-10-19-13/h2-6,9-10H,7-8H2,1H3/q+1. The number of thiazole rings is 1. The smallest absolute Gasteiger partial charge is 0.250 e. The Balaban J connectivity index is 1.79. The Labute approximate surface area is 115 Å². The molecule has 3 rings (SSSR count). The SMILES string of the molecule is C[N+]1(c2ccccc2)N=NN=C1CCc1nccs1. The van der Waals surface area contributed by atoms with Crippen LogP contribution in [0.1, 0.15) is 11.4 Å². The number of benzene rings is 1. The molecule has 2 heterocycles. The van der Waals surface area contributed by atoms with Crippen LogP contribution >= 0.6 is 11.3 Å². The summed E-state index contributed by atoms with van der Waals surface area (Å²) < 4.78 is 0.312. The van der Waals surface area contributed by atoms with Crippen LogP contribution in [0.25, 0.3) is 0 Å². The van der Waals surface area contributed by atoms with E-state index < -0.39 is 0 Å². The van der Waals surface area contributed by atoms with Crippen LogP contribution in [0.3, 0.4) is 0 Å². The van der Waals surface area contributed by atoms with Crippen molar-refractivity contribution in [2.75, 3.05) is 7.05 Å². The number of hydrogen-bond donors (Lipinski definition) is 0. The predicted molar refractivity (Wildman–Crippen MR) is 76.9 cm³/mol. The van der Waals surface area contributed by atoms with Gasteiger partial charge in [-0.05, 0) is 0 Å². The zero-order chi connectivity index (χ0) is 13.1. The molecular formula is C13H14N5S+. The molecule has 1 aromatic carbocycles. The van der Waals surface area contributed by atoms with Gasteiger partial charge in [0.15, 0.2) is 5.69 Å². The van der Waals surface area contributed by atoms with Crippen LogP contribution in [0.2, 0.25) is 0 Å². The van der Waals surface area contributed by atoms with Crippen molar-refractivity contribution in [1.29, 1.82) is 0 Å². The van der Waals surface area contributed by atoms with Gasteiger partial charge in [-0.3, -0.25) is 0 Å². The lowest BCUT2D eigenvalue weighted by molar-refractivity contribution is 0.500.